The van der Waals surface area contributed by atoms with Gasteiger partial charge in [0.05, 0.1) is 12.0 Å². The largest absolute Gasteiger partial charge is 0.416 e. The van der Waals surface area contributed by atoms with Gasteiger partial charge in [-0.25, -0.2) is 0 Å². The summed E-state index contributed by atoms with van der Waals surface area (Å²) in [6, 6.07) is 4.63. The Morgan fingerprint density at radius 3 is 2.29 bits per heavy atom. The average molecular weight is 245 g/mol. The Labute approximate surface area is 97.8 Å². The number of hydrogen-bond donors (Lipinski definition) is 1. The van der Waals surface area contributed by atoms with E-state index in [1.807, 2.05) is 6.92 Å². The predicted molar refractivity (Wildman–Crippen MR) is 58.4 cm³/mol. The normalized spacial score (nSPS) is 11.3. The molecule has 0 bridgehead atoms. The molecule has 0 fully saturated rings. The van der Waals surface area contributed by atoms with Crippen LogP contribution in [0.2, 0.25) is 0 Å². The first-order chi connectivity index (χ1) is 7.93. The monoisotopic (exact) mass is 245 g/mol. The molecule has 1 N–H and O–H groups in total. The van der Waals surface area contributed by atoms with Gasteiger partial charge in [-0.05, 0) is 24.1 Å². The van der Waals surface area contributed by atoms with E-state index in [0.717, 1.165) is 18.6 Å². The van der Waals surface area contributed by atoms with E-state index in [4.69, 9.17) is 0 Å². The molecule has 2 nitrogen and oxygen atoms in total. The van der Waals surface area contributed by atoms with Crippen LogP contribution in [0.5, 0.6) is 0 Å². The van der Waals surface area contributed by atoms with Crippen LogP contribution in [0.15, 0.2) is 24.3 Å². The lowest BCUT2D eigenvalue weighted by atomic mass is 10.1. The minimum Gasteiger partial charge on any atom is -0.356 e. The van der Waals surface area contributed by atoms with Gasteiger partial charge in [-0.2, -0.15) is 13.2 Å². The van der Waals surface area contributed by atoms with Crippen molar-refractivity contribution in [2.24, 2.45) is 0 Å². The van der Waals surface area contributed by atoms with Gasteiger partial charge in [-0.15, -0.1) is 0 Å². The van der Waals surface area contributed by atoms with Crippen molar-refractivity contribution >= 4 is 5.91 Å². The topological polar surface area (TPSA) is 29.1 Å². The van der Waals surface area contributed by atoms with Gasteiger partial charge in [0.25, 0.3) is 0 Å². The van der Waals surface area contributed by atoms with Gasteiger partial charge in [0.2, 0.25) is 5.91 Å². The smallest absolute Gasteiger partial charge is 0.356 e. The van der Waals surface area contributed by atoms with Crippen LogP contribution in [0.25, 0.3) is 0 Å². The Bertz CT molecular complexity index is 370. The molecule has 0 unspecified atom stereocenters. The third-order valence-corrected chi connectivity index (χ3v) is 2.22. The summed E-state index contributed by atoms with van der Waals surface area (Å²) in [7, 11) is 0. The second kappa shape index (κ2) is 5.70. The van der Waals surface area contributed by atoms with Crippen LogP contribution in [0.4, 0.5) is 13.2 Å². The summed E-state index contributed by atoms with van der Waals surface area (Å²) < 4.78 is 36.8. The first-order valence-electron chi connectivity index (χ1n) is 5.36. The SMILES string of the molecule is CCCNC(=O)Cc1ccc(C(F)(F)F)cc1. The highest BCUT2D eigenvalue weighted by Gasteiger charge is 2.29. The summed E-state index contributed by atoms with van der Waals surface area (Å²) >= 11 is 0. The number of rotatable bonds is 4. The molecule has 0 aliphatic rings. The highest BCUT2D eigenvalue weighted by atomic mass is 19.4. The number of carbonyl (C=O) groups excluding carboxylic acids is 1. The summed E-state index contributed by atoms with van der Waals surface area (Å²) in [4.78, 5) is 11.3. The quantitative estimate of drug-likeness (QED) is 0.868. The van der Waals surface area contributed by atoms with Gasteiger partial charge in [-0.3, -0.25) is 4.79 Å². The molecule has 0 aliphatic carbocycles. The molecule has 0 atom stereocenters. The molecular formula is C12H14F3NO. The molecule has 0 heterocycles. The van der Waals surface area contributed by atoms with Gasteiger partial charge in [-0.1, -0.05) is 19.1 Å². The Hall–Kier alpha value is -1.52. The molecule has 94 valence electrons. The summed E-state index contributed by atoms with van der Waals surface area (Å²) in [5, 5.41) is 2.66. The molecule has 0 saturated heterocycles. The van der Waals surface area contributed by atoms with E-state index in [0.29, 0.717) is 12.1 Å². The molecule has 1 aromatic rings. The molecule has 1 amide bonds. The van der Waals surface area contributed by atoms with Gasteiger partial charge in [0, 0.05) is 6.54 Å². The van der Waals surface area contributed by atoms with Crippen LogP contribution < -0.4 is 5.32 Å². The van der Waals surface area contributed by atoms with Gasteiger partial charge >= 0.3 is 6.18 Å². The number of benzene rings is 1. The maximum atomic E-state index is 12.3. The zero-order valence-corrected chi connectivity index (χ0v) is 9.47. The van der Waals surface area contributed by atoms with Crippen LogP contribution in [-0.4, -0.2) is 12.5 Å². The zero-order valence-electron chi connectivity index (χ0n) is 9.47. The van der Waals surface area contributed by atoms with Gasteiger partial charge in [0.15, 0.2) is 0 Å². The third kappa shape index (κ3) is 4.46. The number of nitrogens with one attached hydrogen (secondary N) is 1. The molecule has 17 heavy (non-hydrogen) atoms. The van der Waals surface area contributed by atoms with Crippen LogP contribution in [0, 0.1) is 0 Å². The zero-order chi connectivity index (χ0) is 12.9. The fraction of sp³-hybridized carbons (Fsp3) is 0.417. The van der Waals surface area contributed by atoms with E-state index >= 15 is 0 Å². The number of alkyl halides is 3. The average Bonchev–Trinajstić information content (AvgIpc) is 2.26. The maximum Gasteiger partial charge on any atom is 0.416 e. The number of hydrogen-bond acceptors (Lipinski definition) is 1. The maximum absolute atomic E-state index is 12.3. The van der Waals surface area contributed by atoms with E-state index in [1.54, 1.807) is 0 Å². The minimum atomic E-state index is -4.33. The summed E-state index contributed by atoms with van der Waals surface area (Å²) in [5.41, 5.74) is -0.123. The molecule has 0 aromatic heterocycles. The predicted octanol–water partition coefficient (Wildman–Crippen LogP) is 2.77. The first-order valence-corrected chi connectivity index (χ1v) is 5.36. The Balaban J connectivity index is 2.60. The fourth-order valence-corrected chi connectivity index (χ4v) is 1.32. The fourth-order valence-electron chi connectivity index (χ4n) is 1.32. The van der Waals surface area contributed by atoms with Crippen molar-refractivity contribution in [3.8, 4) is 0 Å². The summed E-state index contributed by atoms with van der Waals surface area (Å²) in [6.07, 6.45) is -3.39. The van der Waals surface area contributed by atoms with Crippen LogP contribution in [0.1, 0.15) is 24.5 Å². The molecule has 0 aliphatic heterocycles. The minimum absolute atomic E-state index is 0.109. The van der Waals surface area contributed by atoms with E-state index in [1.165, 1.54) is 12.1 Å². The van der Waals surface area contributed by atoms with Crippen molar-refractivity contribution in [1.82, 2.24) is 5.32 Å². The van der Waals surface area contributed by atoms with Crippen molar-refractivity contribution in [1.29, 1.82) is 0 Å². The molecule has 5 heteroatoms. The van der Waals surface area contributed by atoms with Crippen molar-refractivity contribution in [2.45, 2.75) is 25.9 Å². The summed E-state index contributed by atoms with van der Waals surface area (Å²) in [6.45, 7) is 2.51. The molecule has 0 saturated carbocycles. The molecular weight excluding hydrogens is 231 g/mol. The standard InChI is InChI=1S/C12H14F3NO/c1-2-7-16-11(17)8-9-3-5-10(6-4-9)12(13,14)15/h3-6H,2,7-8H2,1H3,(H,16,17). The number of amides is 1. The lowest BCUT2D eigenvalue weighted by Crippen LogP contribution is -2.25. The van der Waals surface area contributed by atoms with Crippen LogP contribution in [-0.2, 0) is 17.4 Å². The molecule has 1 aromatic carbocycles. The van der Waals surface area contributed by atoms with Crippen LogP contribution in [0.3, 0.4) is 0 Å². The molecule has 1 rings (SSSR count). The van der Waals surface area contributed by atoms with Crippen LogP contribution >= 0.6 is 0 Å². The van der Waals surface area contributed by atoms with Gasteiger partial charge in [0.1, 0.15) is 0 Å². The highest BCUT2D eigenvalue weighted by molar-refractivity contribution is 5.78. The lowest BCUT2D eigenvalue weighted by molar-refractivity contribution is -0.137. The second-order valence-corrected chi connectivity index (χ2v) is 3.72. The molecule has 0 radical (unpaired) electrons. The summed E-state index contributed by atoms with van der Waals surface area (Å²) in [5.74, 6) is -0.174. The van der Waals surface area contributed by atoms with E-state index in [-0.39, 0.29) is 12.3 Å². The molecule has 0 spiro atoms. The van der Waals surface area contributed by atoms with Crippen molar-refractivity contribution < 1.29 is 18.0 Å². The number of carbonyl (C=O) groups is 1. The Morgan fingerprint density at radius 1 is 1.24 bits per heavy atom. The first kappa shape index (κ1) is 13.5. The van der Waals surface area contributed by atoms with Crippen molar-refractivity contribution in [3.05, 3.63) is 35.4 Å². The lowest BCUT2D eigenvalue weighted by Gasteiger charge is -2.07. The number of halogens is 3. The second-order valence-electron chi connectivity index (χ2n) is 3.72. The Kier molecular flexibility index (Phi) is 4.54. The van der Waals surface area contributed by atoms with E-state index in [9.17, 15) is 18.0 Å². The van der Waals surface area contributed by atoms with Crippen molar-refractivity contribution in [2.75, 3.05) is 6.54 Å². The van der Waals surface area contributed by atoms with Gasteiger partial charge < -0.3 is 5.32 Å². The van der Waals surface area contributed by atoms with E-state index in [2.05, 4.69) is 5.32 Å². The van der Waals surface area contributed by atoms with E-state index < -0.39 is 11.7 Å². The third-order valence-electron chi connectivity index (χ3n) is 2.22. The Morgan fingerprint density at radius 2 is 1.82 bits per heavy atom. The van der Waals surface area contributed by atoms with Crippen molar-refractivity contribution in [3.63, 3.8) is 0 Å². The highest BCUT2D eigenvalue weighted by Crippen LogP contribution is 2.29.